The minimum absolute atomic E-state index is 0.0466. The van der Waals surface area contributed by atoms with Crippen LogP contribution in [0, 0.1) is 13.8 Å². The summed E-state index contributed by atoms with van der Waals surface area (Å²) in [6.45, 7) is 3.75. The molecule has 0 bridgehead atoms. The van der Waals surface area contributed by atoms with Crippen molar-refractivity contribution in [2.24, 2.45) is 0 Å². The van der Waals surface area contributed by atoms with Crippen LogP contribution in [0.1, 0.15) is 15.3 Å². The van der Waals surface area contributed by atoms with Crippen LogP contribution in [0.2, 0.25) is 0 Å². The van der Waals surface area contributed by atoms with Gasteiger partial charge in [-0.1, -0.05) is 18.2 Å². The second-order valence-electron chi connectivity index (χ2n) is 5.19. The number of carbonyl (C=O) groups excluding carboxylic acids is 3. The van der Waals surface area contributed by atoms with Crippen LogP contribution in [0.25, 0.3) is 6.08 Å². The Morgan fingerprint density at radius 3 is 2.43 bits per heavy atom. The van der Waals surface area contributed by atoms with Crippen LogP contribution in [0.5, 0.6) is 0 Å². The predicted molar refractivity (Wildman–Crippen MR) is 89.2 cm³/mol. The van der Waals surface area contributed by atoms with Gasteiger partial charge in [-0.25, -0.2) is 9.69 Å². The number of benzene rings is 1. The van der Waals surface area contributed by atoms with Gasteiger partial charge >= 0.3 is 6.03 Å². The van der Waals surface area contributed by atoms with Gasteiger partial charge in [-0.15, -0.1) is 11.3 Å². The average molecular weight is 326 g/mol. The molecular formula is C17H14N2O3S. The third kappa shape index (κ3) is 2.80. The van der Waals surface area contributed by atoms with Gasteiger partial charge < -0.3 is 0 Å². The number of nitrogens with zero attached hydrogens (tertiary/aromatic N) is 1. The van der Waals surface area contributed by atoms with E-state index >= 15 is 0 Å². The number of rotatable bonds is 2. The fourth-order valence-corrected chi connectivity index (χ4v) is 3.18. The van der Waals surface area contributed by atoms with Gasteiger partial charge in [0.1, 0.15) is 5.57 Å². The third-order valence-corrected chi connectivity index (χ3v) is 4.45. The van der Waals surface area contributed by atoms with Crippen molar-refractivity contribution < 1.29 is 14.4 Å². The summed E-state index contributed by atoms with van der Waals surface area (Å²) in [4.78, 5) is 39.7. The first-order chi connectivity index (χ1) is 11.0. The molecule has 4 amide bonds. The topological polar surface area (TPSA) is 66.5 Å². The Morgan fingerprint density at radius 1 is 1.04 bits per heavy atom. The van der Waals surface area contributed by atoms with Crippen molar-refractivity contribution in [1.82, 2.24) is 5.32 Å². The second kappa shape index (κ2) is 5.81. The minimum Gasteiger partial charge on any atom is -0.273 e. The van der Waals surface area contributed by atoms with Gasteiger partial charge in [0, 0.05) is 9.75 Å². The van der Waals surface area contributed by atoms with E-state index in [1.165, 1.54) is 17.4 Å². The Bertz CT molecular complexity index is 851. The van der Waals surface area contributed by atoms with Gasteiger partial charge in [-0.2, -0.15) is 0 Å². The Balaban J connectivity index is 2.04. The van der Waals surface area contributed by atoms with Gasteiger partial charge in [-0.3, -0.25) is 14.9 Å². The molecule has 116 valence electrons. The zero-order chi connectivity index (χ0) is 16.6. The first kappa shape index (κ1) is 15.2. The number of nitrogens with one attached hydrogen (secondary N) is 1. The van der Waals surface area contributed by atoms with E-state index in [0.717, 1.165) is 20.2 Å². The summed E-state index contributed by atoms with van der Waals surface area (Å²) in [6, 6.07) is 10.1. The molecule has 1 aromatic heterocycles. The SMILES string of the molecule is Cc1ccc(/C=C2/C(=O)NC(=O)N(c3ccccc3C)C2=O)s1. The van der Waals surface area contributed by atoms with Gasteiger partial charge in [-0.05, 0) is 43.7 Å². The van der Waals surface area contributed by atoms with Crippen molar-refractivity contribution in [3.63, 3.8) is 0 Å². The Kier molecular flexibility index (Phi) is 3.83. The number of hydrogen-bond acceptors (Lipinski definition) is 4. The number of urea groups is 1. The van der Waals surface area contributed by atoms with Crippen molar-refractivity contribution >= 4 is 40.9 Å². The molecule has 1 saturated heterocycles. The quantitative estimate of drug-likeness (QED) is 0.681. The highest BCUT2D eigenvalue weighted by molar-refractivity contribution is 7.12. The number of barbiturate groups is 1. The second-order valence-corrected chi connectivity index (χ2v) is 6.51. The van der Waals surface area contributed by atoms with Crippen molar-refractivity contribution in [2.75, 3.05) is 4.90 Å². The molecule has 0 atom stereocenters. The standard InChI is InChI=1S/C17H14N2O3S/c1-10-5-3-4-6-14(10)19-16(21)13(15(20)18-17(19)22)9-12-8-7-11(2)23-12/h3-9H,1-2H3,(H,18,20,22)/b13-9-. The smallest absolute Gasteiger partial charge is 0.273 e. The summed E-state index contributed by atoms with van der Waals surface area (Å²) in [7, 11) is 0. The van der Waals surface area contributed by atoms with Gasteiger partial charge in [0.05, 0.1) is 5.69 Å². The first-order valence-corrected chi connectivity index (χ1v) is 7.82. The summed E-state index contributed by atoms with van der Waals surface area (Å²) in [5.74, 6) is -1.28. The molecule has 2 heterocycles. The number of aryl methyl sites for hydroxylation is 2. The van der Waals surface area contributed by atoms with Crippen LogP contribution in [0.3, 0.4) is 0 Å². The number of anilines is 1. The van der Waals surface area contributed by atoms with E-state index in [9.17, 15) is 14.4 Å². The van der Waals surface area contributed by atoms with Crippen LogP contribution in [-0.2, 0) is 9.59 Å². The molecule has 6 heteroatoms. The number of para-hydroxylation sites is 1. The molecule has 0 radical (unpaired) electrons. The summed E-state index contributed by atoms with van der Waals surface area (Å²) in [5.41, 5.74) is 1.20. The number of carbonyl (C=O) groups is 3. The van der Waals surface area contributed by atoms with E-state index in [1.54, 1.807) is 25.1 Å². The van der Waals surface area contributed by atoms with E-state index in [2.05, 4.69) is 5.32 Å². The van der Waals surface area contributed by atoms with Crippen molar-refractivity contribution in [1.29, 1.82) is 0 Å². The zero-order valence-electron chi connectivity index (χ0n) is 12.6. The minimum atomic E-state index is -0.728. The molecule has 1 fully saturated rings. The van der Waals surface area contributed by atoms with E-state index < -0.39 is 17.8 Å². The highest BCUT2D eigenvalue weighted by atomic mass is 32.1. The molecule has 1 aliphatic heterocycles. The summed E-state index contributed by atoms with van der Waals surface area (Å²) >= 11 is 1.47. The monoisotopic (exact) mass is 326 g/mol. The molecule has 2 aromatic rings. The van der Waals surface area contributed by atoms with Gasteiger partial charge in [0.25, 0.3) is 11.8 Å². The lowest BCUT2D eigenvalue weighted by atomic mass is 10.1. The Hall–Kier alpha value is -2.73. The van der Waals surface area contributed by atoms with Crippen molar-refractivity contribution in [3.8, 4) is 0 Å². The normalized spacial score (nSPS) is 16.9. The highest BCUT2D eigenvalue weighted by Crippen LogP contribution is 2.26. The van der Waals surface area contributed by atoms with Crippen LogP contribution < -0.4 is 10.2 Å². The third-order valence-electron chi connectivity index (χ3n) is 3.51. The molecule has 23 heavy (non-hydrogen) atoms. The number of amides is 4. The maximum Gasteiger partial charge on any atom is 0.335 e. The lowest BCUT2D eigenvalue weighted by Gasteiger charge is -2.27. The van der Waals surface area contributed by atoms with Crippen LogP contribution >= 0.6 is 11.3 Å². The fraction of sp³-hybridized carbons (Fsp3) is 0.118. The summed E-state index contributed by atoms with van der Waals surface area (Å²) < 4.78 is 0. The maximum absolute atomic E-state index is 12.7. The van der Waals surface area contributed by atoms with E-state index in [4.69, 9.17) is 0 Å². The van der Waals surface area contributed by atoms with E-state index in [1.807, 2.05) is 25.1 Å². The Morgan fingerprint density at radius 2 is 1.78 bits per heavy atom. The number of thiophene rings is 1. The number of imide groups is 2. The summed E-state index contributed by atoms with van der Waals surface area (Å²) in [5, 5.41) is 2.23. The van der Waals surface area contributed by atoms with Crippen LogP contribution in [0.4, 0.5) is 10.5 Å². The van der Waals surface area contributed by atoms with Gasteiger partial charge in [0.2, 0.25) is 0 Å². The molecule has 0 saturated carbocycles. The fourth-order valence-electron chi connectivity index (χ4n) is 2.36. The zero-order valence-corrected chi connectivity index (χ0v) is 13.4. The predicted octanol–water partition coefficient (Wildman–Crippen LogP) is 3.03. The molecule has 1 aliphatic rings. The average Bonchev–Trinajstić information content (AvgIpc) is 2.91. The number of hydrogen-bond donors (Lipinski definition) is 1. The molecule has 5 nitrogen and oxygen atoms in total. The molecule has 1 aromatic carbocycles. The molecule has 0 unspecified atom stereocenters. The lowest BCUT2D eigenvalue weighted by Crippen LogP contribution is -2.54. The first-order valence-electron chi connectivity index (χ1n) is 7.01. The summed E-state index contributed by atoms with van der Waals surface area (Å²) in [6.07, 6.45) is 1.52. The van der Waals surface area contributed by atoms with Crippen LogP contribution in [0.15, 0.2) is 42.0 Å². The lowest BCUT2D eigenvalue weighted by molar-refractivity contribution is -0.122. The van der Waals surface area contributed by atoms with Gasteiger partial charge in [0.15, 0.2) is 0 Å². The Labute approximate surface area is 137 Å². The van der Waals surface area contributed by atoms with Crippen molar-refractivity contribution in [3.05, 3.63) is 57.3 Å². The molecule has 3 rings (SSSR count). The van der Waals surface area contributed by atoms with E-state index in [0.29, 0.717) is 5.69 Å². The van der Waals surface area contributed by atoms with E-state index in [-0.39, 0.29) is 5.57 Å². The molecule has 0 spiro atoms. The highest BCUT2D eigenvalue weighted by Gasteiger charge is 2.37. The molecule has 1 N–H and O–H groups in total. The van der Waals surface area contributed by atoms with Crippen LogP contribution in [-0.4, -0.2) is 17.8 Å². The largest absolute Gasteiger partial charge is 0.335 e. The molecule has 0 aliphatic carbocycles. The van der Waals surface area contributed by atoms with Crippen molar-refractivity contribution in [2.45, 2.75) is 13.8 Å². The molecular weight excluding hydrogens is 312 g/mol. The maximum atomic E-state index is 12.7.